The fraction of sp³-hybridized carbons (Fsp3) is 0.273. The van der Waals surface area contributed by atoms with Gasteiger partial charge in [-0.2, -0.15) is 4.98 Å². The summed E-state index contributed by atoms with van der Waals surface area (Å²) in [5, 5.41) is 0.387. The maximum Gasteiger partial charge on any atom is 0.360 e. The van der Waals surface area contributed by atoms with Crippen molar-refractivity contribution >= 4 is 17.7 Å². The van der Waals surface area contributed by atoms with Crippen molar-refractivity contribution in [2.75, 3.05) is 6.61 Å². The number of aryl methyl sites for hydroxylation is 1. The number of carbonyl (C=O) groups is 1. The number of carbonyl (C=O) groups excluding carboxylic acids is 1. The zero-order valence-corrected chi connectivity index (χ0v) is 10.2. The number of nitrogens with zero attached hydrogens (tertiary/aromatic N) is 1. The lowest BCUT2D eigenvalue weighted by atomic mass is 10.5. The van der Waals surface area contributed by atoms with Crippen LogP contribution in [0.5, 0.6) is 0 Å². The Labute approximate surface area is 102 Å². The van der Waals surface area contributed by atoms with Gasteiger partial charge in [-0.05, 0) is 31.7 Å². The Morgan fingerprint density at radius 2 is 2.35 bits per heavy atom. The van der Waals surface area contributed by atoms with Crippen LogP contribution in [0.15, 0.2) is 37.5 Å². The Balaban J connectivity index is 2.09. The van der Waals surface area contributed by atoms with Crippen LogP contribution in [0.2, 0.25) is 0 Å². The molecule has 0 N–H and O–H groups in total. The number of aromatic nitrogens is 1. The number of hydrogen-bond donors (Lipinski definition) is 0. The van der Waals surface area contributed by atoms with Gasteiger partial charge in [0, 0.05) is 0 Å². The van der Waals surface area contributed by atoms with Crippen LogP contribution in [-0.4, -0.2) is 17.6 Å². The smallest absolute Gasteiger partial charge is 0.360 e. The summed E-state index contributed by atoms with van der Waals surface area (Å²) < 4.78 is 15.1. The molecule has 0 saturated heterocycles. The third-order valence-electron chi connectivity index (χ3n) is 1.98. The highest BCUT2D eigenvalue weighted by Crippen LogP contribution is 2.30. The number of ether oxygens (including phenoxy) is 1. The van der Waals surface area contributed by atoms with E-state index in [-0.39, 0.29) is 5.69 Å². The predicted molar refractivity (Wildman–Crippen MR) is 60.0 cm³/mol. The first-order chi connectivity index (χ1) is 8.20. The molecule has 0 aliphatic rings. The van der Waals surface area contributed by atoms with Crippen LogP contribution in [0.4, 0.5) is 0 Å². The van der Waals surface area contributed by atoms with Crippen molar-refractivity contribution in [3.63, 3.8) is 0 Å². The molecule has 5 nitrogen and oxygen atoms in total. The molecule has 0 fully saturated rings. The van der Waals surface area contributed by atoms with E-state index in [1.807, 2.05) is 13.0 Å². The molecule has 6 heteroatoms. The topological polar surface area (TPSA) is 65.5 Å². The first kappa shape index (κ1) is 11.8. The third kappa shape index (κ3) is 2.71. The largest absolute Gasteiger partial charge is 0.468 e. The van der Waals surface area contributed by atoms with E-state index in [1.165, 1.54) is 18.0 Å². The maximum atomic E-state index is 11.4. The van der Waals surface area contributed by atoms with E-state index in [0.29, 0.717) is 11.8 Å². The quantitative estimate of drug-likeness (QED) is 0.780. The molecule has 2 rings (SSSR count). The number of furan rings is 1. The Morgan fingerprint density at radius 1 is 1.53 bits per heavy atom. The summed E-state index contributed by atoms with van der Waals surface area (Å²) in [4.78, 5) is 16.3. The van der Waals surface area contributed by atoms with Crippen molar-refractivity contribution in [3.05, 3.63) is 30.0 Å². The minimum absolute atomic E-state index is 0.176. The summed E-state index contributed by atoms with van der Waals surface area (Å²) in [6.07, 6.45) is 2.88. The first-order valence-corrected chi connectivity index (χ1v) is 5.87. The summed E-state index contributed by atoms with van der Waals surface area (Å²) in [6.45, 7) is 3.90. The lowest BCUT2D eigenvalue weighted by molar-refractivity contribution is 0.0519. The highest BCUT2D eigenvalue weighted by atomic mass is 32.2. The molecule has 0 amide bonds. The highest BCUT2D eigenvalue weighted by molar-refractivity contribution is 7.99. The molecule has 0 unspecified atom stereocenters. The maximum absolute atomic E-state index is 11.4. The first-order valence-electron chi connectivity index (χ1n) is 5.05. The van der Waals surface area contributed by atoms with Crippen LogP contribution < -0.4 is 0 Å². The van der Waals surface area contributed by atoms with Gasteiger partial charge in [0.25, 0.3) is 5.22 Å². The van der Waals surface area contributed by atoms with Gasteiger partial charge in [0.15, 0.2) is 5.69 Å². The normalized spacial score (nSPS) is 10.5. The molecule has 2 aromatic rings. The molecule has 0 bridgehead atoms. The standard InChI is InChI=1S/C11H11NO4S/c1-3-14-10(13)8-6-16-11(12-8)17-9-4-5-15-7(9)2/h4-6H,3H2,1-2H3. The van der Waals surface area contributed by atoms with Crippen LogP contribution in [0.25, 0.3) is 0 Å². The number of oxazole rings is 1. The zero-order valence-electron chi connectivity index (χ0n) is 9.43. The number of rotatable bonds is 4. The molecule has 2 aromatic heterocycles. The average molecular weight is 253 g/mol. The van der Waals surface area contributed by atoms with E-state index in [9.17, 15) is 4.79 Å². The summed E-state index contributed by atoms with van der Waals surface area (Å²) in [5.74, 6) is 0.304. The molecule has 0 aliphatic carbocycles. The van der Waals surface area contributed by atoms with Crippen molar-refractivity contribution in [3.8, 4) is 0 Å². The molecule has 17 heavy (non-hydrogen) atoms. The van der Waals surface area contributed by atoms with Gasteiger partial charge in [-0.25, -0.2) is 4.79 Å². The van der Waals surface area contributed by atoms with E-state index in [2.05, 4.69) is 4.98 Å². The predicted octanol–water partition coefficient (Wildman–Crippen LogP) is 2.90. The lowest BCUT2D eigenvalue weighted by Gasteiger charge is -1.95. The summed E-state index contributed by atoms with van der Waals surface area (Å²) in [6, 6.07) is 1.81. The van der Waals surface area contributed by atoms with Crippen molar-refractivity contribution in [2.24, 2.45) is 0 Å². The van der Waals surface area contributed by atoms with E-state index in [1.54, 1.807) is 13.2 Å². The Bertz CT molecular complexity index is 517. The Hall–Kier alpha value is -1.69. The number of esters is 1. The molecule has 0 saturated carbocycles. The van der Waals surface area contributed by atoms with Gasteiger partial charge in [0.05, 0.1) is 17.8 Å². The fourth-order valence-electron chi connectivity index (χ4n) is 1.18. The molecule has 90 valence electrons. The molecule has 0 radical (unpaired) electrons. The van der Waals surface area contributed by atoms with Crippen LogP contribution in [-0.2, 0) is 4.74 Å². The van der Waals surface area contributed by atoms with Crippen molar-refractivity contribution in [2.45, 2.75) is 24.0 Å². The van der Waals surface area contributed by atoms with Crippen LogP contribution in [0, 0.1) is 6.92 Å². The molecular formula is C11H11NO4S. The molecule has 0 aliphatic heterocycles. The van der Waals surface area contributed by atoms with Crippen LogP contribution in [0.1, 0.15) is 23.2 Å². The van der Waals surface area contributed by atoms with Gasteiger partial charge in [0.2, 0.25) is 0 Å². The molecule has 0 spiro atoms. The van der Waals surface area contributed by atoms with Crippen LogP contribution >= 0.6 is 11.8 Å². The summed E-state index contributed by atoms with van der Waals surface area (Å²) >= 11 is 1.30. The molecule has 0 atom stereocenters. The van der Waals surface area contributed by atoms with Gasteiger partial charge < -0.3 is 13.6 Å². The molecular weight excluding hydrogens is 242 g/mol. The SMILES string of the molecule is CCOC(=O)c1coc(Sc2ccoc2C)n1. The second-order valence-electron chi connectivity index (χ2n) is 3.16. The second-order valence-corrected chi connectivity index (χ2v) is 4.16. The van der Waals surface area contributed by atoms with Gasteiger partial charge in [-0.1, -0.05) is 0 Å². The second kappa shape index (κ2) is 5.09. The fourth-order valence-corrected chi connectivity index (χ4v) is 1.92. The monoisotopic (exact) mass is 253 g/mol. The molecule has 0 aromatic carbocycles. The lowest BCUT2D eigenvalue weighted by Crippen LogP contribution is -2.04. The Morgan fingerprint density at radius 3 is 3.00 bits per heavy atom. The minimum atomic E-state index is -0.480. The van der Waals surface area contributed by atoms with Gasteiger partial charge in [-0.15, -0.1) is 0 Å². The van der Waals surface area contributed by atoms with E-state index < -0.39 is 5.97 Å². The van der Waals surface area contributed by atoms with Crippen molar-refractivity contribution in [1.82, 2.24) is 4.98 Å². The van der Waals surface area contributed by atoms with Crippen LogP contribution in [0.3, 0.4) is 0 Å². The summed E-state index contributed by atoms with van der Waals surface area (Å²) in [7, 11) is 0. The van der Waals surface area contributed by atoms with Gasteiger partial charge in [-0.3, -0.25) is 0 Å². The van der Waals surface area contributed by atoms with E-state index in [0.717, 1.165) is 10.7 Å². The summed E-state index contributed by atoms with van der Waals surface area (Å²) in [5.41, 5.74) is 0.176. The molecule has 2 heterocycles. The third-order valence-corrected chi connectivity index (χ3v) is 2.98. The Kier molecular flexibility index (Phi) is 3.53. The highest BCUT2D eigenvalue weighted by Gasteiger charge is 2.15. The van der Waals surface area contributed by atoms with E-state index >= 15 is 0 Å². The van der Waals surface area contributed by atoms with Gasteiger partial charge >= 0.3 is 5.97 Å². The number of hydrogen-bond acceptors (Lipinski definition) is 6. The average Bonchev–Trinajstić information content (AvgIpc) is 2.90. The van der Waals surface area contributed by atoms with Gasteiger partial charge in [0.1, 0.15) is 12.0 Å². The van der Waals surface area contributed by atoms with Crippen molar-refractivity contribution < 1.29 is 18.4 Å². The zero-order chi connectivity index (χ0) is 12.3. The van der Waals surface area contributed by atoms with Crippen molar-refractivity contribution in [1.29, 1.82) is 0 Å². The minimum Gasteiger partial charge on any atom is -0.468 e. The van der Waals surface area contributed by atoms with E-state index in [4.69, 9.17) is 13.6 Å².